The van der Waals surface area contributed by atoms with Crippen LogP contribution in [0.3, 0.4) is 0 Å². The molecule has 0 radical (unpaired) electrons. The molecule has 1 N–H and O–H groups in total. The minimum atomic E-state index is -4.44. The standard InChI is InChI=1S/C20H14F3N5O/c1-12-25-26-18-10-9-17(27-28(12)18)14-3-2-4-16(11-14)24-19(29)13-5-7-15(8-6-13)20(21,22)23/h2-11H,1H3,(H,24,29). The lowest BCUT2D eigenvalue weighted by Crippen LogP contribution is -2.13. The van der Waals surface area contributed by atoms with Gasteiger partial charge in [0.1, 0.15) is 0 Å². The fourth-order valence-corrected chi connectivity index (χ4v) is 2.82. The van der Waals surface area contributed by atoms with E-state index in [0.29, 0.717) is 22.9 Å². The van der Waals surface area contributed by atoms with E-state index < -0.39 is 17.6 Å². The van der Waals surface area contributed by atoms with Crippen LogP contribution in [-0.2, 0) is 6.18 Å². The molecule has 4 rings (SSSR count). The van der Waals surface area contributed by atoms with Crippen LogP contribution in [0.1, 0.15) is 21.7 Å². The quantitative estimate of drug-likeness (QED) is 0.557. The van der Waals surface area contributed by atoms with E-state index in [9.17, 15) is 18.0 Å². The van der Waals surface area contributed by atoms with Gasteiger partial charge < -0.3 is 5.32 Å². The van der Waals surface area contributed by atoms with E-state index in [1.807, 2.05) is 6.07 Å². The van der Waals surface area contributed by atoms with Gasteiger partial charge in [0.05, 0.1) is 11.3 Å². The Bertz CT molecular complexity index is 1200. The van der Waals surface area contributed by atoms with Gasteiger partial charge in [-0.1, -0.05) is 12.1 Å². The summed E-state index contributed by atoms with van der Waals surface area (Å²) in [7, 11) is 0. The van der Waals surface area contributed by atoms with Gasteiger partial charge in [0.15, 0.2) is 11.5 Å². The molecule has 146 valence electrons. The molecule has 0 bridgehead atoms. The Hall–Kier alpha value is -3.75. The summed E-state index contributed by atoms with van der Waals surface area (Å²) < 4.78 is 39.6. The first kappa shape index (κ1) is 18.6. The molecule has 0 atom stereocenters. The molecule has 0 saturated heterocycles. The number of carbonyl (C=O) groups excluding carboxylic acids is 1. The van der Waals surface area contributed by atoms with Crippen LogP contribution in [0.15, 0.2) is 60.7 Å². The molecule has 4 aromatic rings. The van der Waals surface area contributed by atoms with Gasteiger partial charge in [-0.2, -0.15) is 22.8 Å². The first-order chi connectivity index (χ1) is 13.8. The van der Waals surface area contributed by atoms with Gasteiger partial charge in [0, 0.05) is 16.8 Å². The lowest BCUT2D eigenvalue weighted by Gasteiger charge is -2.09. The monoisotopic (exact) mass is 397 g/mol. The topological polar surface area (TPSA) is 72.2 Å². The third-order valence-corrected chi connectivity index (χ3v) is 4.31. The van der Waals surface area contributed by atoms with Crippen LogP contribution in [-0.4, -0.2) is 25.7 Å². The Labute approximate surface area is 163 Å². The summed E-state index contributed by atoms with van der Waals surface area (Å²) in [6, 6.07) is 14.6. The van der Waals surface area contributed by atoms with Crippen LogP contribution < -0.4 is 5.32 Å². The summed E-state index contributed by atoms with van der Waals surface area (Å²) in [6.45, 7) is 1.79. The molecule has 0 aliphatic rings. The highest BCUT2D eigenvalue weighted by molar-refractivity contribution is 6.04. The SMILES string of the molecule is Cc1nnc2ccc(-c3cccc(NC(=O)c4ccc(C(F)(F)F)cc4)c3)nn12. The Morgan fingerprint density at radius 2 is 1.76 bits per heavy atom. The number of carbonyl (C=O) groups is 1. The number of anilines is 1. The number of alkyl halides is 3. The van der Waals surface area contributed by atoms with Gasteiger partial charge in [-0.15, -0.1) is 10.2 Å². The zero-order valence-corrected chi connectivity index (χ0v) is 15.1. The first-order valence-corrected chi connectivity index (χ1v) is 8.59. The Kier molecular flexibility index (Phi) is 4.50. The van der Waals surface area contributed by atoms with Crippen molar-refractivity contribution in [3.63, 3.8) is 0 Å². The maximum atomic E-state index is 12.7. The minimum absolute atomic E-state index is 0.128. The molecule has 29 heavy (non-hydrogen) atoms. The smallest absolute Gasteiger partial charge is 0.322 e. The summed E-state index contributed by atoms with van der Waals surface area (Å²) in [5.74, 6) is 0.141. The predicted octanol–water partition coefficient (Wildman–Crippen LogP) is 4.37. The van der Waals surface area contributed by atoms with Gasteiger partial charge >= 0.3 is 6.18 Å². The second kappa shape index (κ2) is 7.01. The zero-order valence-electron chi connectivity index (χ0n) is 15.1. The highest BCUT2D eigenvalue weighted by Gasteiger charge is 2.30. The maximum Gasteiger partial charge on any atom is 0.416 e. The Morgan fingerprint density at radius 3 is 2.48 bits per heavy atom. The number of aryl methyl sites for hydroxylation is 1. The van der Waals surface area contributed by atoms with Gasteiger partial charge in [-0.05, 0) is 55.5 Å². The Balaban J connectivity index is 1.56. The molecular weight excluding hydrogens is 383 g/mol. The van der Waals surface area contributed by atoms with Crippen molar-refractivity contribution >= 4 is 17.2 Å². The number of nitrogens with one attached hydrogen (secondary N) is 1. The molecule has 0 fully saturated rings. The Morgan fingerprint density at radius 1 is 1.00 bits per heavy atom. The highest BCUT2D eigenvalue weighted by Crippen LogP contribution is 2.29. The summed E-state index contributed by atoms with van der Waals surface area (Å²) in [5, 5.41) is 15.1. The van der Waals surface area contributed by atoms with E-state index >= 15 is 0 Å². The van der Waals surface area contributed by atoms with Crippen LogP contribution in [0.5, 0.6) is 0 Å². The summed E-state index contributed by atoms with van der Waals surface area (Å²) in [6.07, 6.45) is -4.44. The van der Waals surface area contributed by atoms with Crippen molar-refractivity contribution in [3.8, 4) is 11.3 Å². The van der Waals surface area contributed by atoms with Crippen LogP contribution >= 0.6 is 0 Å². The van der Waals surface area contributed by atoms with Crippen LogP contribution in [0, 0.1) is 6.92 Å². The third-order valence-electron chi connectivity index (χ3n) is 4.31. The number of nitrogens with zero attached hydrogens (tertiary/aromatic N) is 4. The van der Waals surface area contributed by atoms with Crippen molar-refractivity contribution in [1.82, 2.24) is 19.8 Å². The van der Waals surface area contributed by atoms with E-state index in [4.69, 9.17) is 0 Å². The van der Waals surface area contributed by atoms with Gasteiger partial charge in [-0.3, -0.25) is 4.79 Å². The van der Waals surface area contributed by atoms with Crippen molar-refractivity contribution in [2.75, 3.05) is 5.32 Å². The van der Waals surface area contributed by atoms with Gasteiger partial charge in [-0.25, -0.2) is 0 Å². The number of benzene rings is 2. The average Bonchev–Trinajstić information content (AvgIpc) is 3.08. The molecule has 2 heterocycles. The van der Waals surface area contributed by atoms with E-state index in [2.05, 4.69) is 20.6 Å². The largest absolute Gasteiger partial charge is 0.416 e. The van der Waals surface area contributed by atoms with E-state index in [0.717, 1.165) is 29.8 Å². The second-order valence-electron chi connectivity index (χ2n) is 6.35. The van der Waals surface area contributed by atoms with Crippen molar-refractivity contribution in [2.24, 2.45) is 0 Å². The molecule has 6 nitrogen and oxygen atoms in total. The van der Waals surface area contributed by atoms with E-state index in [1.54, 1.807) is 41.8 Å². The molecule has 0 aliphatic heterocycles. The predicted molar refractivity (Wildman–Crippen MR) is 100 cm³/mol. The number of halogens is 3. The fraction of sp³-hybridized carbons (Fsp3) is 0.100. The molecular formula is C20H14F3N5O. The highest BCUT2D eigenvalue weighted by atomic mass is 19.4. The molecule has 0 spiro atoms. The number of amides is 1. The van der Waals surface area contributed by atoms with Gasteiger partial charge in [0.25, 0.3) is 5.91 Å². The van der Waals surface area contributed by atoms with E-state index in [-0.39, 0.29) is 5.56 Å². The molecule has 2 aromatic heterocycles. The fourth-order valence-electron chi connectivity index (χ4n) is 2.82. The van der Waals surface area contributed by atoms with Crippen LogP contribution in [0.4, 0.5) is 18.9 Å². The second-order valence-corrected chi connectivity index (χ2v) is 6.35. The normalized spacial score (nSPS) is 11.6. The number of rotatable bonds is 3. The number of hydrogen-bond acceptors (Lipinski definition) is 4. The van der Waals surface area contributed by atoms with Crippen molar-refractivity contribution in [1.29, 1.82) is 0 Å². The third kappa shape index (κ3) is 3.79. The van der Waals surface area contributed by atoms with Crippen LogP contribution in [0.25, 0.3) is 16.9 Å². The van der Waals surface area contributed by atoms with Crippen LogP contribution in [0.2, 0.25) is 0 Å². The minimum Gasteiger partial charge on any atom is -0.322 e. The lowest BCUT2D eigenvalue weighted by atomic mass is 10.1. The first-order valence-electron chi connectivity index (χ1n) is 8.59. The molecule has 0 aliphatic carbocycles. The van der Waals surface area contributed by atoms with Crippen molar-refractivity contribution in [3.05, 3.63) is 77.6 Å². The maximum absolute atomic E-state index is 12.7. The number of fused-ring (bicyclic) bond motifs is 1. The molecule has 2 aromatic carbocycles. The molecule has 9 heteroatoms. The number of aromatic nitrogens is 4. The molecule has 1 amide bonds. The zero-order chi connectivity index (χ0) is 20.6. The number of hydrogen-bond donors (Lipinski definition) is 1. The van der Waals surface area contributed by atoms with E-state index in [1.165, 1.54) is 0 Å². The summed E-state index contributed by atoms with van der Waals surface area (Å²) in [5.41, 5.74) is 1.86. The van der Waals surface area contributed by atoms with Gasteiger partial charge in [0.2, 0.25) is 0 Å². The molecule has 0 saturated carbocycles. The van der Waals surface area contributed by atoms with Crippen molar-refractivity contribution < 1.29 is 18.0 Å². The summed E-state index contributed by atoms with van der Waals surface area (Å²) in [4.78, 5) is 12.4. The van der Waals surface area contributed by atoms with Crippen molar-refractivity contribution in [2.45, 2.75) is 13.1 Å². The average molecular weight is 397 g/mol. The lowest BCUT2D eigenvalue weighted by molar-refractivity contribution is -0.137. The molecule has 0 unspecified atom stereocenters. The summed E-state index contributed by atoms with van der Waals surface area (Å²) >= 11 is 0.